The summed E-state index contributed by atoms with van der Waals surface area (Å²) >= 11 is 0. The second-order valence-electron chi connectivity index (χ2n) is 9.45. The number of carbonyl (C=O) groups excluding carboxylic acids is 3. The van der Waals surface area contributed by atoms with Crippen molar-refractivity contribution >= 4 is 23.9 Å². The van der Waals surface area contributed by atoms with Crippen LogP contribution >= 0.6 is 0 Å². The van der Waals surface area contributed by atoms with Crippen molar-refractivity contribution in [3.63, 3.8) is 0 Å². The predicted octanol–water partition coefficient (Wildman–Crippen LogP) is 3.76. The lowest BCUT2D eigenvalue weighted by Crippen LogP contribution is -2.42. The van der Waals surface area contributed by atoms with E-state index in [0.717, 1.165) is 6.42 Å². The summed E-state index contributed by atoms with van der Waals surface area (Å²) in [7, 11) is 0. The molecule has 0 aliphatic heterocycles. The molecule has 1 aromatic carbocycles. The lowest BCUT2D eigenvalue weighted by Gasteiger charge is -2.20. The monoisotopic (exact) mass is 493 g/mol. The Morgan fingerprint density at radius 2 is 1.49 bits per heavy atom. The first kappa shape index (κ1) is 30.1. The van der Waals surface area contributed by atoms with Crippen LogP contribution in [0.3, 0.4) is 0 Å². The molecule has 35 heavy (non-hydrogen) atoms. The van der Waals surface area contributed by atoms with E-state index in [1.807, 2.05) is 13.8 Å². The van der Waals surface area contributed by atoms with Crippen LogP contribution in [0, 0.1) is 17.8 Å². The Hall–Kier alpha value is -2.94. The molecule has 0 amide bonds. The van der Waals surface area contributed by atoms with Gasteiger partial charge in [-0.3, -0.25) is 19.2 Å². The molecule has 0 saturated carbocycles. The topological polar surface area (TPSA) is 128 Å². The van der Waals surface area contributed by atoms with E-state index in [1.165, 1.54) is 12.1 Å². The van der Waals surface area contributed by atoms with E-state index in [0.29, 0.717) is 12.0 Å². The molecule has 9 nitrogen and oxygen atoms in total. The van der Waals surface area contributed by atoms with Gasteiger partial charge in [-0.05, 0) is 37.0 Å². The van der Waals surface area contributed by atoms with Gasteiger partial charge in [0.1, 0.15) is 12.1 Å². The number of aliphatic carboxylic acids is 1. The molecule has 0 saturated heterocycles. The van der Waals surface area contributed by atoms with Crippen molar-refractivity contribution in [3.8, 4) is 11.5 Å². The van der Waals surface area contributed by atoms with Gasteiger partial charge >= 0.3 is 23.9 Å². The second kappa shape index (κ2) is 14.5. The van der Waals surface area contributed by atoms with Gasteiger partial charge in [-0.2, -0.15) is 0 Å². The van der Waals surface area contributed by atoms with Crippen LogP contribution in [0.5, 0.6) is 11.5 Å². The Bertz CT molecular complexity index is 880. The minimum Gasteiger partial charge on any atom is -0.480 e. The molecule has 0 aromatic heterocycles. The summed E-state index contributed by atoms with van der Waals surface area (Å²) in [4.78, 5) is 48.0. The fourth-order valence-electron chi connectivity index (χ4n) is 2.83. The summed E-state index contributed by atoms with van der Waals surface area (Å²) in [6.45, 7) is 12.5. The average Bonchev–Trinajstić information content (AvgIpc) is 2.77. The SMILES string of the molecule is CCC(C)CC(=O)OC(C)CN[C@@H](Cc1ccc(OC(=O)C(C)C)c(OC(=O)C(C)C)c1)C(=O)O. The number of carboxylic acid groups (broad SMARTS) is 1. The van der Waals surface area contributed by atoms with E-state index in [4.69, 9.17) is 14.2 Å². The third kappa shape index (κ3) is 10.9. The molecule has 0 heterocycles. The van der Waals surface area contributed by atoms with Crippen LogP contribution in [0.2, 0.25) is 0 Å². The molecule has 0 fully saturated rings. The Morgan fingerprint density at radius 1 is 0.914 bits per heavy atom. The van der Waals surface area contributed by atoms with Gasteiger partial charge in [0.25, 0.3) is 0 Å². The van der Waals surface area contributed by atoms with Crippen LogP contribution in [0.25, 0.3) is 0 Å². The first-order valence-corrected chi connectivity index (χ1v) is 12.1. The van der Waals surface area contributed by atoms with Gasteiger partial charge in [0.05, 0.1) is 11.8 Å². The van der Waals surface area contributed by atoms with Crippen molar-refractivity contribution in [2.45, 2.75) is 79.9 Å². The Kier molecular flexibility index (Phi) is 12.4. The summed E-state index contributed by atoms with van der Waals surface area (Å²) in [6, 6.07) is 3.61. The number of ether oxygens (including phenoxy) is 3. The zero-order valence-electron chi connectivity index (χ0n) is 21.8. The first-order chi connectivity index (χ1) is 16.3. The highest BCUT2D eigenvalue weighted by atomic mass is 16.6. The Morgan fingerprint density at radius 3 is 2.00 bits per heavy atom. The minimum absolute atomic E-state index is 0.0479. The fourth-order valence-corrected chi connectivity index (χ4v) is 2.83. The summed E-state index contributed by atoms with van der Waals surface area (Å²) in [5.74, 6) is -2.84. The van der Waals surface area contributed by atoms with Gasteiger partial charge < -0.3 is 24.6 Å². The summed E-state index contributed by atoms with van der Waals surface area (Å²) in [5.41, 5.74) is 0.558. The maximum absolute atomic E-state index is 12.2. The number of rotatable bonds is 14. The molecule has 0 radical (unpaired) electrons. The number of hydrogen-bond donors (Lipinski definition) is 2. The predicted molar refractivity (Wildman–Crippen MR) is 130 cm³/mol. The molecule has 0 bridgehead atoms. The van der Waals surface area contributed by atoms with Gasteiger partial charge in [0, 0.05) is 13.0 Å². The molecule has 196 valence electrons. The van der Waals surface area contributed by atoms with Crippen LogP contribution < -0.4 is 14.8 Å². The summed E-state index contributed by atoms with van der Waals surface area (Å²) < 4.78 is 16.1. The third-order valence-electron chi connectivity index (χ3n) is 5.31. The van der Waals surface area contributed by atoms with Gasteiger partial charge in [-0.15, -0.1) is 0 Å². The molecule has 1 rings (SSSR count). The maximum Gasteiger partial charge on any atom is 0.321 e. The van der Waals surface area contributed by atoms with E-state index in [1.54, 1.807) is 40.7 Å². The van der Waals surface area contributed by atoms with Crippen LogP contribution in [0.1, 0.15) is 66.9 Å². The third-order valence-corrected chi connectivity index (χ3v) is 5.31. The van der Waals surface area contributed by atoms with Crippen LogP contribution in [-0.4, -0.2) is 47.7 Å². The molecule has 1 aromatic rings. The second-order valence-corrected chi connectivity index (χ2v) is 9.45. The number of carboxylic acids is 1. The highest BCUT2D eigenvalue weighted by Gasteiger charge is 2.23. The number of esters is 3. The number of benzene rings is 1. The highest BCUT2D eigenvalue weighted by molar-refractivity contribution is 5.78. The lowest BCUT2D eigenvalue weighted by molar-refractivity contribution is -0.149. The van der Waals surface area contributed by atoms with Crippen molar-refractivity contribution < 1.29 is 38.5 Å². The van der Waals surface area contributed by atoms with Crippen molar-refractivity contribution in [2.24, 2.45) is 17.8 Å². The number of carbonyl (C=O) groups is 4. The van der Waals surface area contributed by atoms with Gasteiger partial charge in [0.2, 0.25) is 0 Å². The molecule has 2 N–H and O–H groups in total. The van der Waals surface area contributed by atoms with E-state index < -0.39 is 36.0 Å². The van der Waals surface area contributed by atoms with E-state index in [2.05, 4.69) is 5.32 Å². The normalized spacial score (nSPS) is 13.7. The van der Waals surface area contributed by atoms with Crippen LogP contribution in [0.4, 0.5) is 0 Å². The van der Waals surface area contributed by atoms with E-state index in [9.17, 15) is 24.3 Å². The van der Waals surface area contributed by atoms with Gasteiger partial charge in [0.15, 0.2) is 11.5 Å². The number of nitrogens with one attached hydrogen (secondary N) is 1. The van der Waals surface area contributed by atoms with Crippen molar-refractivity contribution in [2.75, 3.05) is 6.54 Å². The Balaban J connectivity index is 2.94. The molecule has 2 unspecified atom stereocenters. The fraction of sp³-hybridized carbons (Fsp3) is 0.615. The van der Waals surface area contributed by atoms with E-state index in [-0.39, 0.29) is 42.3 Å². The summed E-state index contributed by atoms with van der Waals surface area (Å²) in [6.07, 6.45) is 0.739. The van der Waals surface area contributed by atoms with E-state index >= 15 is 0 Å². The first-order valence-electron chi connectivity index (χ1n) is 12.1. The largest absolute Gasteiger partial charge is 0.480 e. The van der Waals surface area contributed by atoms with Gasteiger partial charge in [-0.1, -0.05) is 54.0 Å². The molecule has 3 atom stereocenters. The van der Waals surface area contributed by atoms with Crippen molar-refractivity contribution in [1.29, 1.82) is 0 Å². The van der Waals surface area contributed by atoms with Crippen molar-refractivity contribution in [1.82, 2.24) is 5.32 Å². The zero-order chi connectivity index (χ0) is 26.7. The van der Waals surface area contributed by atoms with Crippen LogP contribution in [0.15, 0.2) is 18.2 Å². The van der Waals surface area contributed by atoms with Crippen molar-refractivity contribution in [3.05, 3.63) is 23.8 Å². The lowest BCUT2D eigenvalue weighted by atomic mass is 10.0. The molecule has 0 aliphatic rings. The zero-order valence-corrected chi connectivity index (χ0v) is 21.8. The average molecular weight is 494 g/mol. The molecular formula is C26H39NO8. The molecular weight excluding hydrogens is 454 g/mol. The Labute approximate surface area is 207 Å². The smallest absolute Gasteiger partial charge is 0.321 e. The van der Waals surface area contributed by atoms with Gasteiger partial charge in [-0.25, -0.2) is 0 Å². The highest BCUT2D eigenvalue weighted by Crippen LogP contribution is 2.30. The maximum atomic E-state index is 12.2. The quantitative estimate of drug-likeness (QED) is 0.294. The molecule has 0 aliphatic carbocycles. The number of hydrogen-bond acceptors (Lipinski definition) is 8. The molecule has 9 heteroatoms. The molecule has 0 spiro atoms. The minimum atomic E-state index is -1.08. The van der Waals surface area contributed by atoms with Crippen LogP contribution in [-0.2, 0) is 30.3 Å². The standard InChI is InChI=1S/C26H39NO8/c1-8-17(6)11-23(28)33-18(7)14-27-20(24(29)30)12-19-9-10-21(34-25(31)15(2)3)22(13-19)35-26(32)16(4)5/h9-10,13,15-18,20,27H,8,11-12,14H2,1-7H3,(H,29,30)/t17?,18?,20-/m0/s1. The summed E-state index contributed by atoms with van der Waals surface area (Å²) in [5, 5.41) is 12.6.